The van der Waals surface area contributed by atoms with Crippen LogP contribution in [0, 0.1) is 0 Å². The third-order valence-electron chi connectivity index (χ3n) is 4.19. The summed E-state index contributed by atoms with van der Waals surface area (Å²) in [4.78, 5) is 6.89. The van der Waals surface area contributed by atoms with Crippen LogP contribution in [0.25, 0.3) is 0 Å². The van der Waals surface area contributed by atoms with Gasteiger partial charge in [0.1, 0.15) is 12.2 Å². The van der Waals surface area contributed by atoms with Crippen LogP contribution < -0.4 is 5.32 Å². The summed E-state index contributed by atoms with van der Waals surface area (Å²) < 4.78 is 1.87. The fraction of sp³-hybridized carbons (Fsp3) is 0.500. The molecule has 1 fully saturated rings. The standard InChI is InChI=1S/C16H23N5/c1-13-10-21(11-16-18-12-19-20(16)2)15(9-17-13)8-14-6-4-3-5-7-14/h3-7,12-13,15,17H,8-11H2,1-2H3. The van der Waals surface area contributed by atoms with E-state index < -0.39 is 0 Å². The second-order valence-electron chi connectivity index (χ2n) is 5.88. The van der Waals surface area contributed by atoms with Gasteiger partial charge in [-0.1, -0.05) is 30.3 Å². The molecule has 1 N–H and O–H groups in total. The first kappa shape index (κ1) is 14.2. The van der Waals surface area contributed by atoms with Crippen molar-refractivity contribution in [1.82, 2.24) is 25.0 Å². The smallest absolute Gasteiger partial charge is 0.140 e. The van der Waals surface area contributed by atoms with E-state index in [2.05, 4.69) is 57.6 Å². The van der Waals surface area contributed by atoms with Crippen LogP contribution in [0.1, 0.15) is 18.3 Å². The summed E-state index contributed by atoms with van der Waals surface area (Å²) in [6.07, 6.45) is 2.70. The van der Waals surface area contributed by atoms with Gasteiger partial charge < -0.3 is 5.32 Å². The Bertz CT molecular complexity index is 565. The highest BCUT2D eigenvalue weighted by atomic mass is 15.3. The van der Waals surface area contributed by atoms with E-state index in [0.717, 1.165) is 31.9 Å². The van der Waals surface area contributed by atoms with Crippen molar-refractivity contribution in [3.8, 4) is 0 Å². The lowest BCUT2D eigenvalue weighted by Gasteiger charge is -2.39. The second-order valence-corrected chi connectivity index (χ2v) is 5.88. The summed E-state index contributed by atoms with van der Waals surface area (Å²) in [7, 11) is 1.96. The maximum absolute atomic E-state index is 4.37. The molecular formula is C16H23N5. The van der Waals surface area contributed by atoms with Gasteiger partial charge in [0.05, 0.1) is 6.54 Å². The van der Waals surface area contributed by atoms with Crippen molar-refractivity contribution in [2.45, 2.75) is 32.0 Å². The van der Waals surface area contributed by atoms with E-state index in [4.69, 9.17) is 0 Å². The van der Waals surface area contributed by atoms with Crippen LogP contribution in [-0.4, -0.2) is 44.8 Å². The van der Waals surface area contributed by atoms with Crippen molar-refractivity contribution < 1.29 is 0 Å². The van der Waals surface area contributed by atoms with Gasteiger partial charge in [-0.15, -0.1) is 0 Å². The van der Waals surface area contributed by atoms with Crippen molar-refractivity contribution in [2.24, 2.45) is 7.05 Å². The molecule has 2 unspecified atom stereocenters. The molecule has 1 aromatic heterocycles. The lowest BCUT2D eigenvalue weighted by atomic mass is 10.0. The topological polar surface area (TPSA) is 46.0 Å². The van der Waals surface area contributed by atoms with Gasteiger partial charge in [-0.3, -0.25) is 9.58 Å². The fourth-order valence-corrected chi connectivity index (χ4v) is 2.96. The van der Waals surface area contributed by atoms with Crippen LogP contribution >= 0.6 is 0 Å². The average molecular weight is 285 g/mol. The Hall–Kier alpha value is -1.72. The van der Waals surface area contributed by atoms with Crippen LogP contribution in [0.5, 0.6) is 0 Å². The van der Waals surface area contributed by atoms with E-state index in [1.54, 1.807) is 6.33 Å². The average Bonchev–Trinajstić information content (AvgIpc) is 2.88. The van der Waals surface area contributed by atoms with Gasteiger partial charge in [0, 0.05) is 32.2 Å². The van der Waals surface area contributed by atoms with E-state index in [9.17, 15) is 0 Å². The number of nitrogens with one attached hydrogen (secondary N) is 1. The Morgan fingerprint density at radius 2 is 2.10 bits per heavy atom. The zero-order valence-electron chi connectivity index (χ0n) is 12.7. The zero-order valence-corrected chi connectivity index (χ0v) is 12.7. The minimum Gasteiger partial charge on any atom is -0.311 e. The molecule has 1 aliphatic heterocycles. The van der Waals surface area contributed by atoms with Gasteiger partial charge in [-0.05, 0) is 18.9 Å². The Balaban J connectivity index is 1.72. The molecule has 2 aromatic rings. The summed E-state index contributed by atoms with van der Waals surface area (Å²) in [5.74, 6) is 1.03. The van der Waals surface area contributed by atoms with E-state index >= 15 is 0 Å². The lowest BCUT2D eigenvalue weighted by molar-refractivity contribution is 0.122. The van der Waals surface area contributed by atoms with E-state index in [0.29, 0.717) is 12.1 Å². The molecule has 21 heavy (non-hydrogen) atoms. The van der Waals surface area contributed by atoms with Crippen molar-refractivity contribution >= 4 is 0 Å². The maximum atomic E-state index is 4.37. The van der Waals surface area contributed by atoms with Gasteiger partial charge in [0.15, 0.2) is 0 Å². The third kappa shape index (κ3) is 3.49. The number of hydrogen-bond acceptors (Lipinski definition) is 4. The predicted molar refractivity (Wildman–Crippen MR) is 82.8 cm³/mol. The predicted octanol–water partition coefficient (Wildman–Crippen LogP) is 1.22. The normalized spacial score (nSPS) is 23.3. The molecule has 1 aromatic carbocycles. The highest BCUT2D eigenvalue weighted by molar-refractivity contribution is 5.16. The number of aromatic nitrogens is 3. The fourth-order valence-electron chi connectivity index (χ4n) is 2.96. The summed E-state index contributed by atoms with van der Waals surface area (Å²) >= 11 is 0. The van der Waals surface area contributed by atoms with E-state index in [1.165, 1.54) is 5.56 Å². The molecule has 1 saturated heterocycles. The van der Waals surface area contributed by atoms with Gasteiger partial charge in [-0.2, -0.15) is 5.10 Å². The van der Waals surface area contributed by atoms with Crippen LogP contribution in [0.2, 0.25) is 0 Å². The Morgan fingerprint density at radius 1 is 1.29 bits per heavy atom. The van der Waals surface area contributed by atoms with Crippen LogP contribution in [0.3, 0.4) is 0 Å². The molecule has 112 valence electrons. The summed E-state index contributed by atoms with van der Waals surface area (Å²) in [6.45, 7) is 5.17. The Morgan fingerprint density at radius 3 is 2.81 bits per heavy atom. The number of piperazine rings is 1. The molecule has 2 atom stereocenters. The zero-order chi connectivity index (χ0) is 14.7. The second kappa shape index (κ2) is 6.37. The van der Waals surface area contributed by atoms with E-state index in [1.807, 2.05) is 11.7 Å². The van der Waals surface area contributed by atoms with Crippen molar-refractivity contribution in [1.29, 1.82) is 0 Å². The van der Waals surface area contributed by atoms with Gasteiger partial charge in [0.25, 0.3) is 0 Å². The first-order chi connectivity index (χ1) is 10.2. The summed E-state index contributed by atoms with van der Waals surface area (Å²) in [5, 5.41) is 7.77. The third-order valence-corrected chi connectivity index (χ3v) is 4.19. The molecule has 1 aliphatic rings. The molecule has 5 heteroatoms. The molecule has 0 spiro atoms. The van der Waals surface area contributed by atoms with Crippen molar-refractivity contribution in [3.05, 3.63) is 48.0 Å². The monoisotopic (exact) mass is 285 g/mol. The van der Waals surface area contributed by atoms with E-state index in [-0.39, 0.29) is 0 Å². The summed E-state index contributed by atoms with van der Waals surface area (Å²) in [6, 6.07) is 11.7. The molecule has 2 heterocycles. The highest BCUT2D eigenvalue weighted by Crippen LogP contribution is 2.15. The molecule has 3 rings (SSSR count). The molecule has 0 aliphatic carbocycles. The highest BCUT2D eigenvalue weighted by Gasteiger charge is 2.26. The van der Waals surface area contributed by atoms with Crippen molar-refractivity contribution in [3.63, 3.8) is 0 Å². The first-order valence-electron chi connectivity index (χ1n) is 7.56. The van der Waals surface area contributed by atoms with Crippen molar-refractivity contribution in [2.75, 3.05) is 13.1 Å². The number of benzene rings is 1. The Kier molecular flexibility index (Phi) is 4.31. The van der Waals surface area contributed by atoms with Crippen LogP contribution in [0.15, 0.2) is 36.7 Å². The van der Waals surface area contributed by atoms with Crippen LogP contribution in [0.4, 0.5) is 0 Å². The minimum absolute atomic E-state index is 0.500. The molecule has 0 bridgehead atoms. The summed E-state index contributed by atoms with van der Waals surface area (Å²) in [5.41, 5.74) is 1.39. The van der Waals surface area contributed by atoms with Crippen LogP contribution in [-0.2, 0) is 20.0 Å². The van der Waals surface area contributed by atoms with Gasteiger partial charge >= 0.3 is 0 Å². The number of hydrogen-bond donors (Lipinski definition) is 1. The molecule has 0 amide bonds. The maximum Gasteiger partial charge on any atom is 0.140 e. The lowest BCUT2D eigenvalue weighted by Crippen LogP contribution is -2.55. The number of nitrogens with zero attached hydrogens (tertiary/aromatic N) is 4. The minimum atomic E-state index is 0.500. The molecule has 5 nitrogen and oxygen atoms in total. The molecular weight excluding hydrogens is 262 g/mol. The Labute approximate surface area is 126 Å². The molecule has 0 saturated carbocycles. The number of aryl methyl sites for hydroxylation is 1. The first-order valence-corrected chi connectivity index (χ1v) is 7.56. The van der Waals surface area contributed by atoms with Gasteiger partial charge in [-0.25, -0.2) is 4.98 Å². The van der Waals surface area contributed by atoms with Gasteiger partial charge in [0.2, 0.25) is 0 Å². The SMILES string of the molecule is CC1CN(Cc2ncnn2C)C(Cc2ccccc2)CN1. The quantitative estimate of drug-likeness (QED) is 0.917. The molecule has 0 radical (unpaired) electrons. The number of rotatable bonds is 4. The largest absolute Gasteiger partial charge is 0.311 e.